The van der Waals surface area contributed by atoms with Crippen LogP contribution < -0.4 is 10.1 Å². The van der Waals surface area contributed by atoms with E-state index in [4.69, 9.17) is 14.7 Å². The summed E-state index contributed by atoms with van der Waals surface area (Å²) < 4.78 is 50.7. The Bertz CT molecular complexity index is 1280. The van der Waals surface area contributed by atoms with Gasteiger partial charge in [0.1, 0.15) is 17.5 Å². The minimum atomic E-state index is -4.60. The molecule has 1 atom stereocenters. The highest BCUT2D eigenvalue weighted by Crippen LogP contribution is 2.41. The van der Waals surface area contributed by atoms with Crippen molar-refractivity contribution in [2.75, 3.05) is 12.4 Å². The standard InChI is InChI=1S/C22H16F3N3O5S/c1-12(14-5-3-4-6-15(14)22(23,24)25)33-18-10-19(34-20(18)21(29)32-2)27-16-8-7-13(11-26)9-17(16)28(30)31/h3-10,12,27H,1-2H3/t12-/m1/s1. The molecule has 176 valence electrons. The van der Waals surface area contributed by atoms with E-state index in [-0.39, 0.29) is 38.1 Å². The van der Waals surface area contributed by atoms with Crippen LogP contribution in [0.5, 0.6) is 5.75 Å². The summed E-state index contributed by atoms with van der Waals surface area (Å²) >= 11 is 0.844. The number of nitrogens with one attached hydrogen (secondary N) is 1. The molecule has 1 heterocycles. The molecule has 0 aliphatic carbocycles. The maximum absolute atomic E-state index is 13.4. The lowest BCUT2D eigenvalue weighted by Crippen LogP contribution is -2.14. The number of ether oxygens (including phenoxy) is 2. The van der Waals surface area contributed by atoms with Gasteiger partial charge in [-0.1, -0.05) is 18.2 Å². The molecular formula is C22H16F3N3O5S. The highest BCUT2D eigenvalue weighted by Gasteiger charge is 2.35. The van der Waals surface area contributed by atoms with Crippen LogP contribution in [0.15, 0.2) is 48.5 Å². The van der Waals surface area contributed by atoms with E-state index >= 15 is 0 Å². The van der Waals surface area contributed by atoms with E-state index in [9.17, 15) is 28.1 Å². The van der Waals surface area contributed by atoms with Gasteiger partial charge in [0, 0.05) is 17.7 Å². The van der Waals surface area contributed by atoms with Crippen LogP contribution in [0.1, 0.15) is 39.4 Å². The Morgan fingerprint density at radius 3 is 2.56 bits per heavy atom. The number of nitro groups is 1. The predicted octanol–water partition coefficient (Wildman–Crippen LogP) is 6.22. The van der Waals surface area contributed by atoms with Crippen LogP contribution in [0.4, 0.5) is 29.5 Å². The van der Waals surface area contributed by atoms with Gasteiger partial charge in [-0.25, -0.2) is 4.79 Å². The van der Waals surface area contributed by atoms with Gasteiger partial charge in [0.2, 0.25) is 0 Å². The minimum Gasteiger partial charge on any atom is -0.484 e. The minimum absolute atomic E-state index is 0.0439. The summed E-state index contributed by atoms with van der Waals surface area (Å²) in [7, 11) is 1.13. The first-order chi connectivity index (χ1) is 16.0. The summed E-state index contributed by atoms with van der Waals surface area (Å²) in [5.74, 6) is -0.848. The fraction of sp³-hybridized carbons (Fsp3) is 0.182. The van der Waals surface area contributed by atoms with Gasteiger partial charge in [-0.2, -0.15) is 18.4 Å². The molecule has 12 heteroatoms. The number of hydrogen-bond acceptors (Lipinski definition) is 8. The van der Waals surface area contributed by atoms with Crippen molar-refractivity contribution in [3.63, 3.8) is 0 Å². The van der Waals surface area contributed by atoms with Crippen molar-refractivity contribution in [1.29, 1.82) is 5.26 Å². The molecule has 2 aromatic carbocycles. The molecule has 1 N–H and O–H groups in total. The number of methoxy groups -OCH3 is 1. The van der Waals surface area contributed by atoms with E-state index in [1.165, 1.54) is 43.3 Å². The fourth-order valence-electron chi connectivity index (χ4n) is 3.11. The maximum Gasteiger partial charge on any atom is 0.416 e. The van der Waals surface area contributed by atoms with E-state index in [0.717, 1.165) is 30.6 Å². The summed E-state index contributed by atoms with van der Waals surface area (Å²) in [5.41, 5.74) is -1.25. The number of nitriles is 1. The fourth-order valence-corrected chi connectivity index (χ4v) is 4.03. The zero-order valence-electron chi connectivity index (χ0n) is 17.7. The van der Waals surface area contributed by atoms with Crippen molar-refractivity contribution >= 4 is 33.7 Å². The quantitative estimate of drug-likeness (QED) is 0.237. The Hall–Kier alpha value is -4.11. The zero-order valence-corrected chi connectivity index (χ0v) is 18.5. The first-order valence-corrected chi connectivity index (χ1v) is 10.4. The lowest BCUT2D eigenvalue weighted by Gasteiger charge is -2.19. The van der Waals surface area contributed by atoms with Crippen molar-refractivity contribution in [3.8, 4) is 11.8 Å². The number of rotatable bonds is 7. The number of nitrogens with zero attached hydrogens (tertiary/aromatic N) is 2. The third kappa shape index (κ3) is 5.26. The van der Waals surface area contributed by atoms with Crippen molar-refractivity contribution in [2.24, 2.45) is 0 Å². The van der Waals surface area contributed by atoms with E-state index in [1.807, 2.05) is 6.07 Å². The van der Waals surface area contributed by atoms with Crippen LogP contribution in [-0.4, -0.2) is 18.0 Å². The normalized spacial score (nSPS) is 11.9. The molecule has 8 nitrogen and oxygen atoms in total. The summed E-state index contributed by atoms with van der Waals surface area (Å²) in [6.45, 7) is 1.40. The van der Waals surface area contributed by atoms with Crippen LogP contribution >= 0.6 is 11.3 Å². The zero-order chi connectivity index (χ0) is 25.0. The second-order valence-corrected chi connectivity index (χ2v) is 7.92. The molecule has 0 fully saturated rings. The summed E-state index contributed by atoms with van der Waals surface area (Å²) in [4.78, 5) is 22.9. The van der Waals surface area contributed by atoms with Gasteiger partial charge in [-0.15, -0.1) is 11.3 Å². The van der Waals surface area contributed by atoms with E-state index in [2.05, 4.69) is 5.32 Å². The summed E-state index contributed by atoms with van der Waals surface area (Å²) in [5, 5.41) is 23.4. The molecule has 34 heavy (non-hydrogen) atoms. The molecule has 3 aromatic rings. The van der Waals surface area contributed by atoms with Crippen molar-refractivity contribution in [2.45, 2.75) is 19.2 Å². The largest absolute Gasteiger partial charge is 0.484 e. The number of anilines is 2. The number of thiophene rings is 1. The molecular weight excluding hydrogens is 475 g/mol. The topological polar surface area (TPSA) is 114 Å². The van der Waals surface area contributed by atoms with Gasteiger partial charge >= 0.3 is 12.1 Å². The Balaban J connectivity index is 1.97. The summed E-state index contributed by atoms with van der Waals surface area (Å²) in [6, 6.07) is 11.8. The van der Waals surface area contributed by atoms with Crippen molar-refractivity contribution in [3.05, 3.63) is 80.2 Å². The number of nitro benzene ring substituents is 1. The van der Waals surface area contributed by atoms with E-state index < -0.39 is 28.7 Å². The van der Waals surface area contributed by atoms with Gasteiger partial charge in [-0.3, -0.25) is 10.1 Å². The number of carbonyl (C=O) groups is 1. The molecule has 0 amide bonds. The third-order valence-corrected chi connectivity index (χ3v) is 5.67. The van der Waals surface area contributed by atoms with Gasteiger partial charge < -0.3 is 14.8 Å². The molecule has 1 aromatic heterocycles. The molecule has 0 unspecified atom stereocenters. The molecule has 0 saturated carbocycles. The van der Waals surface area contributed by atoms with Crippen molar-refractivity contribution < 1.29 is 32.4 Å². The van der Waals surface area contributed by atoms with Crippen LogP contribution in [0, 0.1) is 21.4 Å². The van der Waals surface area contributed by atoms with Gasteiger partial charge in [0.15, 0.2) is 4.88 Å². The average Bonchev–Trinajstić information content (AvgIpc) is 3.20. The first kappa shape index (κ1) is 24.5. The third-order valence-electron chi connectivity index (χ3n) is 4.66. The molecule has 0 aliphatic rings. The Morgan fingerprint density at radius 1 is 1.24 bits per heavy atom. The average molecular weight is 491 g/mol. The highest BCUT2D eigenvalue weighted by molar-refractivity contribution is 7.18. The van der Waals surface area contributed by atoms with E-state index in [0.29, 0.717) is 0 Å². The number of hydrogen-bond donors (Lipinski definition) is 1. The molecule has 3 rings (SSSR count). The number of esters is 1. The van der Waals surface area contributed by atoms with Crippen LogP contribution in [0.2, 0.25) is 0 Å². The van der Waals surface area contributed by atoms with Gasteiger partial charge in [-0.05, 0) is 25.1 Å². The van der Waals surface area contributed by atoms with Crippen molar-refractivity contribution in [1.82, 2.24) is 0 Å². The number of carbonyl (C=O) groups excluding carboxylic acids is 1. The highest BCUT2D eigenvalue weighted by atomic mass is 32.1. The SMILES string of the molecule is COC(=O)c1sc(Nc2ccc(C#N)cc2[N+](=O)[O-])cc1O[C@H](C)c1ccccc1C(F)(F)F. The molecule has 0 saturated heterocycles. The molecule has 0 spiro atoms. The lowest BCUT2D eigenvalue weighted by molar-refractivity contribution is -0.383. The Labute approximate surface area is 195 Å². The monoisotopic (exact) mass is 491 g/mol. The Morgan fingerprint density at radius 2 is 1.94 bits per heavy atom. The first-order valence-electron chi connectivity index (χ1n) is 9.55. The number of benzene rings is 2. The maximum atomic E-state index is 13.4. The Kier molecular flexibility index (Phi) is 7.07. The molecule has 0 radical (unpaired) electrons. The lowest BCUT2D eigenvalue weighted by atomic mass is 10.0. The van der Waals surface area contributed by atoms with E-state index in [1.54, 1.807) is 0 Å². The van der Waals surface area contributed by atoms with Crippen LogP contribution in [0.25, 0.3) is 0 Å². The van der Waals surface area contributed by atoms with Crippen LogP contribution in [0.3, 0.4) is 0 Å². The smallest absolute Gasteiger partial charge is 0.416 e. The summed E-state index contributed by atoms with van der Waals surface area (Å²) in [6.07, 6.45) is -5.69. The molecule has 0 aliphatic heterocycles. The second kappa shape index (κ2) is 9.80. The number of halogens is 3. The predicted molar refractivity (Wildman–Crippen MR) is 117 cm³/mol. The number of alkyl halides is 3. The van der Waals surface area contributed by atoms with Gasteiger partial charge in [0.25, 0.3) is 5.69 Å². The second-order valence-electron chi connectivity index (χ2n) is 6.87. The van der Waals surface area contributed by atoms with Gasteiger partial charge in [0.05, 0.1) is 34.2 Å². The molecule has 0 bridgehead atoms. The van der Waals surface area contributed by atoms with Crippen LogP contribution in [-0.2, 0) is 10.9 Å².